The van der Waals surface area contributed by atoms with Gasteiger partial charge >= 0.3 is 0 Å². The van der Waals surface area contributed by atoms with E-state index in [4.69, 9.17) is 114 Å². The van der Waals surface area contributed by atoms with E-state index in [2.05, 4.69) is 101 Å². The van der Waals surface area contributed by atoms with E-state index in [1.165, 1.54) is 0 Å². The molecule has 0 spiro atoms. The molecule has 1 radical (unpaired) electrons. The Labute approximate surface area is 599 Å². The van der Waals surface area contributed by atoms with Gasteiger partial charge in [0.2, 0.25) is 0 Å². The average molecular weight is 1640 g/mol. The third-order valence-corrected chi connectivity index (χ3v) is 9.78. The molecule has 0 saturated heterocycles. The minimum atomic E-state index is 0. The molecule has 0 aliphatic heterocycles. The normalized spacial score (nSPS) is 10.2. The first-order chi connectivity index (χ1) is 43.3. The Bertz CT molecular complexity index is 726. The van der Waals surface area contributed by atoms with Crippen LogP contribution in [0.25, 0.3) is 0 Å². The van der Waals surface area contributed by atoms with E-state index in [9.17, 15) is 0 Å². The predicted molar refractivity (Wildman–Crippen MR) is 379 cm³/mol. The van der Waals surface area contributed by atoms with Crippen LogP contribution in [0.4, 0.5) is 0 Å². The molecule has 0 heterocycles. The number of hydrogen-bond donors (Lipinski definition) is 8. The van der Waals surface area contributed by atoms with Crippen molar-refractivity contribution in [2.24, 2.45) is 0 Å². The minimum absolute atomic E-state index is 0. The second-order valence-corrected chi connectivity index (χ2v) is 19.1. The van der Waals surface area contributed by atoms with Crippen LogP contribution in [0.1, 0.15) is 0 Å². The first-order valence-corrected chi connectivity index (χ1v) is 34.4. The molecule has 555 valence electrons. The summed E-state index contributed by atoms with van der Waals surface area (Å²) in [6.07, 6.45) is 0. The molecule has 0 aromatic rings. The van der Waals surface area contributed by atoms with Crippen LogP contribution in [0.3, 0.4) is 0 Å². The smallest absolute Gasteiger partial charge is 0.0701 e. The van der Waals surface area contributed by atoms with Crippen LogP contribution in [0.2, 0.25) is 0 Å². The van der Waals surface area contributed by atoms with Crippen molar-refractivity contribution < 1.29 is 136 Å². The van der Waals surface area contributed by atoms with Crippen molar-refractivity contribution in [3.63, 3.8) is 0 Å². The molecule has 0 aromatic carbocycles. The summed E-state index contributed by atoms with van der Waals surface area (Å²) in [5, 5.41) is 0. The van der Waals surface area contributed by atoms with Gasteiger partial charge in [0.15, 0.2) is 0 Å². The van der Waals surface area contributed by atoms with Gasteiger partial charge < -0.3 is 114 Å². The fourth-order valence-corrected chi connectivity index (χ4v) is 5.26. The molecule has 0 amide bonds. The molecule has 89 heavy (non-hydrogen) atoms. The second-order valence-electron chi connectivity index (χ2n) is 15.5. The van der Waals surface area contributed by atoms with E-state index in [1.807, 2.05) is 0 Å². The predicted octanol–water partition coefficient (Wildman–Crippen LogP) is 4.76. The summed E-state index contributed by atoms with van der Waals surface area (Å²) in [5.41, 5.74) is 0. The molecule has 0 aliphatic carbocycles. The number of rotatable bonds is 64. The van der Waals surface area contributed by atoms with Gasteiger partial charge in [0.1, 0.15) is 0 Å². The third-order valence-electron chi connectivity index (χ3n) is 8.32. The molecule has 0 N–H and O–H groups in total. The SMILES string of the molecule is COCCOCCOCCS.COCCOCCOCCS.COCCOCCOCCS.COCCOCCOCCS.COCCOCCOCCS.COCCOCCOCCS.COCCOCCOCCS.COCCOCCOCCS.[Au]. The summed E-state index contributed by atoms with van der Waals surface area (Å²) in [4.78, 5) is 0. The first-order valence-electron chi connectivity index (χ1n) is 29.3. The van der Waals surface area contributed by atoms with Crippen molar-refractivity contribution in [3.8, 4) is 0 Å². The Morgan fingerprint density at radius 1 is 0.124 bits per heavy atom. The van der Waals surface area contributed by atoms with E-state index >= 15 is 0 Å². The Hall–Kier alpha value is 2.58. The van der Waals surface area contributed by atoms with Crippen LogP contribution in [-0.2, 0) is 136 Å². The average Bonchev–Trinajstić information content (AvgIpc) is 3.54. The molecule has 24 nitrogen and oxygen atoms in total. The summed E-state index contributed by atoms with van der Waals surface area (Å²) >= 11 is 31.9. The van der Waals surface area contributed by atoms with Crippen molar-refractivity contribution in [2.45, 2.75) is 0 Å². The molecule has 0 bridgehead atoms. The van der Waals surface area contributed by atoms with Gasteiger partial charge in [-0.15, -0.1) is 0 Å². The van der Waals surface area contributed by atoms with Crippen LogP contribution < -0.4 is 0 Å². The topological polar surface area (TPSA) is 222 Å². The Morgan fingerprint density at radius 3 is 0.258 bits per heavy atom. The Kier molecular flexibility index (Phi) is 162. The molecule has 0 rings (SSSR count). The summed E-state index contributed by atoms with van der Waals surface area (Å²) in [5.74, 6) is 6.10. The van der Waals surface area contributed by atoms with Gasteiger partial charge in [-0.25, -0.2) is 0 Å². The van der Waals surface area contributed by atoms with Gasteiger partial charge in [-0.1, -0.05) is 0 Å². The summed E-state index contributed by atoms with van der Waals surface area (Å²) < 4.78 is 120. The molecule has 0 unspecified atom stereocenters. The summed E-state index contributed by atoms with van der Waals surface area (Å²) in [7, 11) is 13.2. The standard InChI is InChI=1S/8C7H16O3S.Au/c8*1-8-2-3-9-4-5-10-6-7-11;/h8*11H,2-7H2,1H3;. The van der Waals surface area contributed by atoms with Gasteiger partial charge in [-0.05, 0) is 0 Å². The van der Waals surface area contributed by atoms with E-state index in [-0.39, 0.29) is 22.4 Å². The zero-order valence-corrected chi connectivity index (χ0v) is 64.9. The molecule has 0 aliphatic rings. The third kappa shape index (κ3) is 160. The van der Waals surface area contributed by atoms with E-state index < -0.39 is 0 Å². The van der Waals surface area contributed by atoms with Gasteiger partial charge in [0, 0.05) is 125 Å². The van der Waals surface area contributed by atoms with Crippen molar-refractivity contribution in [2.75, 3.05) is 367 Å². The molecule has 0 saturated carbocycles. The van der Waals surface area contributed by atoms with E-state index in [0.717, 1.165) is 46.0 Å². The Morgan fingerprint density at radius 2 is 0.191 bits per heavy atom. The molecular weight excluding hydrogens is 1510 g/mol. The van der Waals surface area contributed by atoms with Gasteiger partial charge in [0.25, 0.3) is 0 Å². The van der Waals surface area contributed by atoms with Gasteiger partial charge in [-0.2, -0.15) is 101 Å². The summed E-state index contributed by atoms with van der Waals surface area (Å²) in [6, 6.07) is 0. The zero-order chi connectivity index (χ0) is 66.9. The van der Waals surface area contributed by atoms with Crippen molar-refractivity contribution >= 4 is 101 Å². The number of methoxy groups -OCH3 is 8. The zero-order valence-electron chi connectivity index (χ0n) is 55.6. The maximum absolute atomic E-state index is 5.15. The maximum Gasteiger partial charge on any atom is 0.0701 e. The van der Waals surface area contributed by atoms with Crippen LogP contribution in [0.15, 0.2) is 0 Å². The molecular formula is C56H128AuO24S8. The van der Waals surface area contributed by atoms with Crippen LogP contribution in [-0.4, -0.2) is 367 Å². The minimum Gasteiger partial charge on any atom is -0.382 e. The number of hydrogen-bond acceptors (Lipinski definition) is 32. The number of ether oxygens (including phenoxy) is 24. The van der Waals surface area contributed by atoms with E-state index in [1.54, 1.807) is 56.9 Å². The van der Waals surface area contributed by atoms with Gasteiger partial charge in [0.05, 0.1) is 264 Å². The fraction of sp³-hybridized carbons (Fsp3) is 1.00. The van der Waals surface area contributed by atoms with Crippen molar-refractivity contribution in [1.82, 2.24) is 0 Å². The van der Waals surface area contributed by atoms with Crippen molar-refractivity contribution in [3.05, 3.63) is 0 Å². The summed E-state index contributed by atoms with van der Waals surface area (Å²) in [6.45, 7) is 26.0. The second kappa shape index (κ2) is 131. The largest absolute Gasteiger partial charge is 0.382 e. The van der Waals surface area contributed by atoms with Crippen LogP contribution in [0, 0.1) is 0 Å². The van der Waals surface area contributed by atoms with Crippen LogP contribution in [0.5, 0.6) is 0 Å². The number of thiol groups is 8. The monoisotopic (exact) mass is 1640 g/mol. The van der Waals surface area contributed by atoms with E-state index in [0.29, 0.717) is 264 Å². The molecule has 33 heteroatoms. The van der Waals surface area contributed by atoms with Crippen molar-refractivity contribution in [1.29, 1.82) is 0 Å². The van der Waals surface area contributed by atoms with Gasteiger partial charge in [-0.3, -0.25) is 0 Å². The maximum atomic E-state index is 5.15. The molecule has 0 atom stereocenters. The quantitative estimate of drug-likeness (QED) is 0.0234. The molecule has 0 fully saturated rings. The van der Waals surface area contributed by atoms with Crippen LogP contribution >= 0.6 is 101 Å². The Balaban J connectivity index is -0.000000117. The fourth-order valence-electron chi connectivity index (χ4n) is 4.23. The molecule has 0 aromatic heterocycles. The first kappa shape index (κ1) is 110.